The summed E-state index contributed by atoms with van der Waals surface area (Å²) in [5.74, 6) is -0.0326. The lowest BCUT2D eigenvalue weighted by molar-refractivity contribution is 0.0697. The van der Waals surface area contributed by atoms with E-state index in [-0.39, 0.29) is 11.5 Å². The molecule has 0 aliphatic rings. The van der Waals surface area contributed by atoms with Gasteiger partial charge >= 0.3 is 17.1 Å². The van der Waals surface area contributed by atoms with Crippen LogP contribution in [0.1, 0.15) is 17.3 Å². The molecule has 1 heterocycles. The number of benzene rings is 1. The summed E-state index contributed by atoms with van der Waals surface area (Å²) >= 11 is 1.66. The molecule has 2 aromatic rings. The van der Waals surface area contributed by atoms with Crippen molar-refractivity contribution in [1.82, 2.24) is 9.55 Å². The second-order valence-electron chi connectivity index (χ2n) is 4.97. The summed E-state index contributed by atoms with van der Waals surface area (Å²) in [6.45, 7) is 2.36. The Balaban J connectivity index is 2.66. The molecular weight excluding hydrogens is 292 g/mol. The number of hydrogen-bond acceptors (Lipinski definition) is 4. The van der Waals surface area contributed by atoms with Crippen LogP contribution in [0.25, 0.3) is 11.0 Å². The highest BCUT2D eigenvalue weighted by atomic mass is 32.2. The molecule has 0 bridgehead atoms. The molecule has 7 heteroatoms. The number of aromatic amines is 1. The van der Waals surface area contributed by atoms with Crippen LogP contribution in [0.4, 0.5) is 0 Å². The topological polar surface area (TPSA) is 92.2 Å². The van der Waals surface area contributed by atoms with Gasteiger partial charge in [0.05, 0.1) is 16.6 Å². The highest BCUT2D eigenvalue weighted by Crippen LogP contribution is 2.14. The van der Waals surface area contributed by atoms with Gasteiger partial charge in [0.1, 0.15) is 0 Å². The fourth-order valence-corrected chi connectivity index (χ4v) is 2.91. The SMILES string of the molecule is CSCC(C)Cn1c(=O)c(=O)[nH]c2ccc(C(=O)O)cc21. The number of carboxylic acids is 1. The Hall–Kier alpha value is -2.02. The van der Waals surface area contributed by atoms with Crippen molar-refractivity contribution in [3.05, 3.63) is 44.5 Å². The number of H-pyrrole nitrogens is 1. The lowest BCUT2D eigenvalue weighted by Gasteiger charge is -2.14. The van der Waals surface area contributed by atoms with Crippen molar-refractivity contribution in [2.24, 2.45) is 5.92 Å². The predicted octanol–water partition coefficient (Wildman–Crippen LogP) is 1.39. The Bertz CT molecular complexity index is 794. The van der Waals surface area contributed by atoms with E-state index in [0.717, 1.165) is 5.75 Å². The van der Waals surface area contributed by atoms with Crippen LogP contribution in [0.15, 0.2) is 27.8 Å². The maximum Gasteiger partial charge on any atom is 0.335 e. The van der Waals surface area contributed by atoms with E-state index in [0.29, 0.717) is 17.6 Å². The average Bonchev–Trinajstić information content (AvgIpc) is 2.43. The molecule has 1 aromatic heterocycles. The van der Waals surface area contributed by atoms with Gasteiger partial charge in [0.25, 0.3) is 0 Å². The third-order valence-corrected chi connectivity index (χ3v) is 4.07. The van der Waals surface area contributed by atoms with E-state index < -0.39 is 17.1 Å². The van der Waals surface area contributed by atoms with Crippen molar-refractivity contribution in [1.29, 1.82) is 0 Å². The van der Waals surface area contributed by atoms with Gasteiger partial charge in [0.15, 0.2) is 0 Å². The first-order valence-corrected chi connectivity index (χ1v) is 7.82. The third-order valence-electron chi connectivity index (χ3n) is 3.17. The van der Waals surface area contributed by atoms with Gasteiger partial charge in [-0.1, -0.05) is 6.92 Å². The van der Waals surface area contributed by atoms with Crippen molar-refractivity contribution in [2.45, 2.75) is 13.5 Å². The molecule has 6 nitrogen and oxygen atoms in total. The molecule has 0 saturated heterocycles. The van der Waals surface area contributed by atoms with Crippen molar-refractivity contribution in [3.8, 4) is 0 Å². The number of hydrogen-bond donors (Lipinski definition) is 2. The third kappa shape index (κ3) is 3.18. The molecule has 1 unspecified atom stereocenters. The van der Waals surface area contributed by atoms with Gasteiger partial charge in [-0.2, -0.15) is 11.8 Å². The zero-order valence-corrected chi connectivity index (χ0v) is 12.6. The molecule has 1 aromatic carbocycles. The molecule has 0 fully saturated rings. The van der Waals surface area contributed by atoms with Crippen molar-refractivity contribution >= 4 is 28.8 Å². The van der Waals surface area contributed by atoms with Crippen LogP contribution in [-0.4, -0.2) is 32.6 Å². The van der Waals surface area contributed by atoms with E-state index in [2.05, 4.69) is 4.98 Å². The fourth-order valence-electron chi connectivity index (χ4n) is 2.23. The fraction of sp³-hybridized carbons (Fsp3) is 0.357. The van der Waals surface area contributed by atoms with Crippen LogP contribution < -0.4 is 11.1 Å². The van der Waals surface area contributed by atoms with Crippen molar-refractivity contribution in [2.75, 3.05) is 12.0 Å². The summed E-state index contributed by atoms with van der Waals surface area (Å²) in [5.41, 5.74) is -0.367. The number of rotatable bonds is 5. The maximum absolute atomic E-state index is 12.1. The lowest BCUT2D eigenvalue weighted by atomic mass is 10.1. The van der Waals surface area contributed by atoms with Crippen LogP contribution >= 0.6 is 11.8 Å². The average molecular weight is 308 g/mol. The molecule has 0 spiro atoms. The quantitative estimate of drug-likeness (QED) is 0.814. The number of carbonyl (C=O) groups is 1. The molecule has 0 aliphatic heterocycles. The van der Waals surface area contributed by atoms with E-state index >= 15 is 0 Å². The Morgan fingerprint density at radius 3 is 2.76 bits per heavy atom. The maximum atomic E-state index is 12.1. The first-order valence-electron chi connectivity index (χ1n) is 6.43. The minimum absolute atomic E-state index is 0.0835. The summed E-state index contributed by atoms with van der Waals surface area (Å²) in [6, 6.07) is 4.33. The standard InChI is InChI=1S/C14H16N2O4S/c1-8(7-21-2)6-16-11-5-9(14(19)20)3-4-10(11)15-12(17)13(16)18/h3-5,8H,6-7H2,1-2H3,(H,15,17)(H,19,20). The molecule has 0 radical (unpaired) electrons. The van der Waals surface area contributed by atoms with E-state index in [1.807, 2.05) is 13.2 Å². The Morgan fingerprint density at radius 1 is 1.43 bits per heavy atom. The molecular formula is C14H16N2O4S. The van der Waals surface area contributed by atoms with Crippen LogP contribution in [0, 0.1) is 5.92 Å². The number of carboxylic acid groups (broad SMARTS) is 1. The second-order valence-corrected chi connectivity index (χ2v) is 5.88. The van der Waals surface area contributed by atoms with Gasteiger partial charge in [0.2, 0.25) is 0 Å². The number of nitrogens with one attached hydrogen (secondary N) is 1. The zero-order chi connectivity index (χ0) is 15.6. The Morgan fingerprint density at radius 2 is 2.14 bits per heavy atom. The normalized spacial score (nSPS) is 12.5. The first kappa shape index (κ1) is 15.4. The second kappa shape index (κ2) is 6.17. The minimum Gasteiger partial charge on any atom is -0.478 e. The molecule has 0 aliphatic carbocycles. The summed E-state index contributed by atoms with van der Waals surface area (Å²) in [6.07, 6.45) is 1.97. The van der Waals surface area contributed by atoms with Crippen LogP contribution in [0.3, 0.4) is 0 Å². The van der Waals surface area contributed by atoms with Gasteiger partial charge in [-0.15, -0.1) is 0 Å². The predicted molar refractivity (Wildman–Crippen MR) is 83.3 cm³/mol. The van der Waals surface area contributed by atoms with Gasteiger partial charge in [0, 0.05) is 6.54 Å². The van der Waals surface area contributed by atoms with E-state index in [9.17, 15) is 14.4 Å². The number of fused-ring (bicyclic) bond motifs is 1. The van der Waals surface area contributed by atoms with Gasteiger partial charge in [-0.25, -0.2) is 4.79 Å². The molecule has 0 amide bonds. The van der Waals surface area contributed by atoms with Crippen LogP contribution in [0.2, 0.25) is 0 Å². The largest absolute Gasteiger partial charge is 0.478 e. The highest BCUT2D eigenvalue weighted by molar-refractivity contribution is 7.98. The lowest BCUT2D eigenvalue weighted by Crippen LogP contribution is -2.37. The van der Waals surface area contributed by atoms with Gasteiger partial charge in [-0.3, -0.25) is 9.59 Å². The number of nitrogens with zero attached hydrogens (tertiary/aromatic N) is 1. The highest BCUT2D eigenvalue weighted by Gasteiger charge is 2.13. The number of aromatic carboxylic acids is 1. The molecule has 2 rings (SSSR count). The van der Waals surface area contributed by atoms with E-state index in [1.54, 1.807) is 11.8 Å². The molecule has 2 N–H and O–H groups in total. The Kier molecular flexibility index (Phi) is 4.52. The molecule has 21 heavy (non-hydrogen) atoms. The zero-order valence-electron chi connectivity index (χ0n) is 11.8. The molecule has 1 atom stereocenters. The van der Waals surface area contributed by atoms with Gasteiger partial charge < -0.3 is 14.7 Å². The Labute approximate surface area is 124 Å². The van der Waals surface area contributed by atoms with Crippen LogP contribution in [0.5, 0.6) is 0 Å². The smallest absolute Gasteiger partial charge is 0.335 e. The molecule has 112 valence electrons. The van der Waals surface area contributed by atoms with Crippen molar-refractivity contribution < 1.29 is 9.90 Å². The first-order chi connectivity index (χ1) is 9.93. The minimum atomic E-state index is -1.07. The summed E-state index contributed by atoms with van der Waals surface area (Å²) in [7, 11) is 0. The summed E-state index contributed by atoms with van der Waals surface area (Å²) in [5, 5.41) is 9.06. The summed E-state index contributed by atoms with van der Waals surface area (Å²) < 4.78 is 1.36. The van der Waals surface area contributed by atoms with Crippen LogP contribution in [-0.2, 0) is 6.54 Å². The molecule has 0 saturated carbocycles. The van der Waals surface area contributed by atoms with Crippen molar-refractivity contribution in [3.63, 3.8) is 0 Å². The number of aromatic nitrogens is 2. The van der Waals surface area contributed by atoms with E-state index in [4.69, 9.17) is 5.11 Å². The summed E-state index contributed by atoms with van der Waals surface area (Å²) in [4.78, 5) is 37.3. The van der Waals surface area contributed by atoms with Gasteiger partial charge in [-0.05, 0) is 36.1 Å². The number of thioether (sulfide) groups is 1. The van der Waals surface area contributed by atoms with E-state index in [1.165, 1.54) is 22.8 Å². The monoisotopic (exact) mass is 308 g/mol.